The first kappa shape index (κ1) is 10.8. The number of carbonyl (C=O) groups excluding carboxylic acids is 1. The van der Waals surface area contributed by atoms with Crippen LogP contribution in [-0.4, -0.2) is 49.2 Å². The van der Waals surface area contributed by atoms with Gasteiger partial charge in [-0.1, -0.05) is 0 Å². The molecule has 0 aromatic rings. The Balaban J connectivity index is 2.75. The minimum Gasteiger partial charge on any atom is -0.505 e. The molecule has 0 spiro atoms. The molecule has 14 heavy (non-hydrogen) atoms. The van der Waals surface area contributed by atoms with E-state index in [1.165, 1.54) is 14.2 Å². The molecule has 1 aliphatic heterocycles. The lowest BCUT2D eigenvalue weighted by Crippen LogP contribution is -2.32. The molecule has 0 saturated heterocycles. The second-order valence-corrected chi connectivity index (χ2v) is 2.77. The van der Waals surface area contributed by atoms with E-state index in [-0.39, 0.29) is 12.4 Å². The van der Waals surface area contributed by atoms with E-state index < -0.39 is 23.9 Å². The van der Waals surface area contributed by atoms with E-state index in [0.29, 0.717) is 0 Å². The lowest BCUT2D eigenvalue weighted by atomic mass is 10.2. The summed E-state index contributed by atoms with van der Waals surface area (Å²) in [5, 5.41) is 18.8. The highest BCUT2D eigenvalue weighted by Gasteiger charge is 2.39. The zero-order valence-electron chi connectivity index (χ0n) is 7.89. The summed E-state index contributed by atoms with van der Waals surface area (Å²) in [5.74, 6) is -1.46. The first-order chi connectivity index (χ1) is 6.61. The van der Waals surface area contributed by atoms with Crippen LogP contribution in [0.4, 0.5) is 0 Å². The standard InChI is InChI=1S/C8H12O6/c1-12-3-4(9)6-5(10)7(13-2)8(11)14-6/h4,6,9-10H,3H2,1-2H3/t4-,6+/m0/s1. The van der Waals surface area contributed by atoms with Crippen LogP contribution in [0.25, 0.3) is 0 Å². The third kappa shape index (κ3) is 1.80. The maximum atomic E-state index is 11.0. The number of methoxy groups -OCH3 is 2. The third-order valence-electron chi connectivity index (χ3n) is 1.81. The van der Waals surface area contributed by atoms with E-state index in [4.69, 9.17) is 0 Å². The fourth-order valence-electron chi connectivity index (χ4n) is 1.17. The molecule has 1 rings (SSSR count). The second kappa shape index (κ2) is 4.30. The van der Waals surface area contributed by atoms with E-state index in [0.717, 1.165) is 0 Å². The number of esters is 1. The molecule has 0 aromatic carbocycles. The maximum Gasteiger partial charge on any atom is 0.378 e. The van der Waals surface area contributed by atoms with Crippen LogP contribution in [0.2, 0.25) is 0 Å². The monoisotopic (exact) mass is 204 g/mol. The zero-order valence-corrected chi connectivity index (χ0v) is 7.89. The van der Waals surface area contributed by atoms with Crippen molar-refractivity contribution >= 4 is 5.97 Å². The highest BCUT2D eigenvalue weighted by atomic mass is 16.6. The van der Waals surface area contributed by atoms with Gasteiger partial charge in [-0.3, -0.25) is 0 Å². The third-order valence-corrected chi connectivity index (χ3v) is 1.81. The largest absolute Gasteiger partial charge is 0.505 e. The number of aliphatic hydroxyl groups excluding tert-OH is 2. The van der Waals surface area contributed by atoms with Gasteiger partial charge in [-0.25, -0.2) is 4.79 Å². The van der Waals surface area contributed by atoms with Gasteiger partial charge in [-0.2, -0.15) is 0 Å². The molecule has 0 aromatic heterocycles. The summed E-state index contributed by atoms with van der Waals surface area (Å²) in [6.07, 6.45) is -2.20. The summed E-state index contributed by atoms with van der Waals surface area (Å²) in [6, 6.07) is 0. The van der Waals surface area contributed by atoms with Crippen molar-refractivity contribution in [2.45, 2.75) is 12.2 Å². The Morgan fingerprint density at radius 1 is 1.57 bits per heavy atom. The van der Waals surface area contributed by atoms with Gasteiger partial charge in [0.1, 0.15) is 6.10 Å². The van der Waals surface area contributed by atoms with Gasteiger partial charge in [0.25, 0.3) is 0 Å². The van der Waals surface area contributed by atoms with Gasteiger partial charge >= 0.3 is 5.97 Å². The first-order valence-corrected chi connectivity index (χ1v) is 3.97. The van der Waals surface area contributed by atoms with Crippen LogP contribution in [0.3, 0.4) is 0 Å². The van der Waals surface area contributed by atoms with Crippen LogP contribution in [-0.2, 0) is 19.0 Å². The van der Waals surface area contributed by atoms with Crippen LogP contribution >= 0.6 is 0 Å². The Morgan fingerprint density at radius 3 is 2.64 bits per heavy atom. The predicted octanol–water partition coefficient (Wildman–Crippen LogP) is -0.665. The van der Waals surface area contributed by atoms with Gasteiger partial charge in [0, 0.05) is 7.11 Å². The van der Waals surface area contributed by atoms with Gasteiger partial charge < -0.3 is 24.4 Å². The quantitative estimate of drug-likeness (QED) is 0.591. The average molecular weight is 204 g/mol. The molecule has 0 bridgehead atoms. The fraction of sp³-hybridized carbons (Fsp3) is 0.625. The molecular formula is C8H12O6. The smallest absolute Gasteiger partial charge is 0.378 e. The second-order valence-electron chi connectivity index (χ2n) is 2.77. The van der Waals surface area contributed by atoms with Gasteiger partial charge in [-0.05, 0) is 0 Å². The van der Waals surface area contributed by atoms with Gasteiger partial charge in [0.2, 0.25) is 5.76 Å². The number of aliphatic hydroxyl groups is 2. The molecule has 2 atom stereocenters. The van der Waals surface area contributed by atoms with Gasteiger partial charge in [0.15, 0.2) is 11.9 Å². The van der Waals surface area contributed by atoms with Crippen molar-refractivity contribution in [2.75, 3.05) is 20.8 Å². The normalized spacial score (nSPS) is 23.6. The van der Waals surface area contributed by atoms with Crippen LogP contribution in [0.1, 0.15) is 0 Å². The Kier molecular flexibility index (Phi) is 3.32. The summed E-state index contributed by atoms with van der Waals surface area (Å²) >= 11 is 0. The zero-order chi connectivity index (χ0) is 10.7. The molecule has 0 amide bonds. The van der Waals surface area contributed by atoms with E-state index in [9.17, 15) is 15.0 Å². The minimum absolute atomic E-state index is 0.0427. The molecule has 0 fully saturated rings. The summed E-state index contributed by atoms with van der Waals surface area (Å²) in [5.41, 5.74) is 0. The average Bonchev–Trinajstić information content (AvgIpc) is 2.42. The van der Waals surface area contributed by atoms with Crippen LogP contribution in [0.5, 0.6) is 0 Å². The van der Waals surface area contributed by atoms with Crippen molar-refractivity contribution in [3.63, 3.8) is 0 Å². The molecule has 1 heterocycles. The molecule has 0 radical (unpaired) electrons. The number of rotatable bonds is 4. The minimum atomic E-state index is -1.10. The van der Waals surface area contributed by atoms with Crippen molar-refractivity contribution in [2.24, 2.45) is 0 Å². The number of hydrogen-bond acceptors (Lipinski definition) is 6. The van der Waals surface area contributed by atoms with Crippen LogP contribution < -0.4 is 0 Å². The molecule has 0 aliphatic carbocycles. The highest BCUT2D eigenvalue weighted by Crippen LogP contribution is 2.23. The van der Waals surface area contributed by atoms with Gasteiger partial charge in [0.05, 0.1) is 13.7 Å². The van der Waals surface area contributed by atoms with Crippen molar-refractivity contribution in [1.82, 2.24) is 0 Å². The number of hydrogen-bond donors (Lipinski definition) is 2. The van der Waals surface area contributed by atoms with Crippen LogP contribution in [0.15, 0.2) is 11.5 Å². The maximum absolute atomic E-state index is 11.0. The number of ether oxygens (including phenoxy) is 3. The molecule has 0 saturated carbocycles. The molecular weight excluding hydrogens is 192 g/mol. The predicted molar refractivity (Wildman–Crippen MR) is 44.4 cm³/mol. The van der Waals surface area contributed by atoms with E-state index in [1.54, 1.807) is 0 Å². The summed E-state index contributed by atoms with van der Waals surface area (Å²) in [4.78, 5) is 11.0. The summed E-state index contributed by atoms with van der Waals surface area (Å²) in [7, 11) is 2.62. The first-order valence-electron chi connectivity index (χ1n) is 3.97. The Bertz CT molecular complexity index is 259. The number of carbonyl (C=O) groups is 1. The summed E-state index contributed by atoms with van der Waals surface area (Å²) < 4.78 is 13.9. The Labute approximate surface area is 80.7 Å². The summed E-state index contributed by atoms with van der Waals surface area (Å²) in [6.45, 7) is -0.0427. The van der Waals surface area contributed by atoms with Crippen molar-refractivity contribution in [1.29, 1.82) is 0 Å². The van der Waals surface area contributed by atoms with Crippen molar-refractivity contribution in [3.8, 4) is 0 Å². The van der Waals surface area contributed by atoms with Gasteiger partial charge in [-0.15, -0.1) is 0 Å². The fourth-order valence-corrected chi connectivity index (χ4v) is 1.17. The van der Waals surface area contributed by atoms with E-state index >= 15 is 0 Å². The molecule has 1 aliphatic rings. The number of cyclic esters (lactones) is 1. The van der Waals surface area contributed by atoms with E-state index in [2.05, 4.69) is 14.2 Å². The van der Waals surface area contributed by atoms with Crippen molar-refractivity contribution in [3.05, 3.63) is 11.5 Å². The Hall–Kier alpha value is -1.27. The molecule has 2 N–H and O–H groups in total. The lowest BCUT2D eigenvalue weighted by molar-refractivity contribution is -0.148. The van der Waals surface area contributed by atoms with Crippen LogP contribution in [0, 0.1) is 0 Å². The SMILES string of the molecule is COC[C@H](O)[C@H]1OC(=O)C(OC)=C1O. The molecule has 0 unspecified atom stereocenters. The molecule has 80 valence electrons. The topological polar surface area (TPSA) is 85.2 Å². The molecule has 6 nitrogen and oxygen atoms in total. The van der Waals surface area contributed by atoms with E-state index in [1.807, 2.05) is 0 Å². The van der Waals surface area contributed by atoms with Crippen molar-refractivity contribution < 1.29 is 29.2 Å². The lowest BCUT2D eigenvalue weighted by Gasteiger charge is -2.15. The molecule has 6 heteroatoms. The highest BCUT2D eigenvalue weighted by molar-refractivity contribution is 5.89. The Morgan fingerprint density at radius 2 is 2.21 bits per heavy atom.